The second-order valence-electron chi connectivity index (χ2n) is 7.59. The van der Waals surface area contributed by atoms with Gasteiger partial charge in [-0.1, -0.05) is 48.9 Å². The van der Waals surface area contributed by atoms with Crippen LogP contribution in [0.25, 0.3) is 11.1 Å². The molecule has 2 amide bonds. The van der Waals surface area contributed by atoms with E-state index < -0.39 is 0 Å². The molecule has 1 heterocycles. The smallest absolute Gasteiger partial charge is 0.254 e. The van der Waals surface area contributed by atoms with Crippen molar-refractivity contribution >= 4 is 11.8 Å². The summed E-state index contributed by atoms with van der Waals surface area (Å²) < 4.78 is 0. The van der Waals surface area contributed by atoms with Crippen LogP contribution in [0.15, 0.2) is 54.6 Å². The van der Waals surface area contributed by atoms with E-state index in [-0.39, 0.29) is 17.9 Å². The Bertz CT molecular complexity index is 790. The van der Waals surface area contributed by atoms with Gasteiger partial charge in [0, 0.05) is 18.7 Å². The monoisotopic (exact) mass is 393 g/mol. The number of nitrogens with two attached hydrogens (primary N) is 1. The maximum Gasteiger partial charge on any atom is 0.254 e. The number of rotatable bonds is 8. The molecule has 0 aromatic heterocycles. The molecule has 0 radical (unpaired) electrons. The molecule has 1 atom stereocenters. The number of carbonyl (C=O) groups excluding carboxylic acids is 2. The summed E-state index contributed by atoms with van der Waals surface area (Å²) in [5.74, 6) is -0.0979. The van der Waals surface area contributed by atoms with Gasteiger partial charge in [-0.25, -0.2) is 0 Å². The summed E-state index contributed by atoms with van der Waals surface area (Å²) in [4.78, 5) is 27.5. The zero-order valence-corrected chi connectivity index (χ0v) is 17.0. The van der Waals surface area contributed by atoms with Crippen LogP contribution < -0.4 is 11.1 Å². The molecule has 3 rings (SSSR count). The Morgan fingerprint density at radius 1 is 0.931 bits per heavy atom. The van der Waals surface area contributed by atoms with E-state index in [1.54, 1.807) is 4.90 Å². The summed E-state index contributed by atoms with van der Waals surface area (Å²) in [6.07, 6.45) is 5.55. The number of carbonyl (C=O) groups is 2. The number of unbranched alkanes of at least 4 members (excludes halogenated alkanes) is 2. The van der Waals surface area contributed by atoms with Gasteiger partial charge in [-0.05, 0) is 61.9 Å². The molecule has 154 valence electrons. The van der Waals surface area contributed by atoms with Crippen LogP contribution >= 0.6 is 0 Å². The highest BCUT2D eigenvalue weighted by Crippen LogP contribution is 2.23. The Hall–Kier alpha value is -2.66. The van der Waals surface area contributed by atoms with Crippen molar-refractivity contribution < 1.29 is 9.59 Å². The van der Waals surface area contributed by atoms with E-state index in [1.165, 1.54) is 0 Å². The molecule has 0 spiro atoms. The molecule has 5 heteroatoms. The van der Waals surface area contributed by atoms with Crippen molar-refractivity contribution in [2.45, 2.75) is 44.6 Å². The minimum Gasteiger partial charge on any atom is -0.354 e. The van der Waals surface area contributed by atoms with E-state index in [0.717, 1.165) is 49.7 Å². The van der Waals surface area contributed by atoms with Gasteiger partial charge in [0.2, 0.25) is 5.91 Å². The van der Waals surface area contributed by atoms with E-state index in [2.05, 4.69) is 17.4 Å². The molecule has 1 aliphatic rings. The quantitative estimate of drug-likeness (QED) is 0.673. The Labute approximate surface area is 173 Å². The van der Waals surface area contributed by atoms with Crippen LogP contribution in [-0.2, 0) is 4.79 Å². The van der Waals surface area contributed by atoms with Crippen molar-refractivity contribution in [1.29, 1.82) is 0 Å². The van der Waals surface area contributed by atoms with Gasteiger partial charge >= 0.3 is 0 Å². The topological polar surface area (TPSA) is 75.4 Å². The van der Waals surface area contributed by atoms with Crippen LogP contribution in [-0.4, -0.2) is 42.4 Å². The Morgan fingerprint density at radius 2 is 1.66 bits per heavy atom. The van der Waals surface area contributed by atoms with Crippen LogP contribution in [0.5, 0.6) is 0 Å². The van der Waals surface area contributed by atoms with E-state index in [1.807, 2.05) is 42.5 Å². The third kappa shape index (κ3) is 5.67. The van der Waals surface area contributed by atoms with Gasteiger partial charge in [0.15, 0.2) is 0 Å². The lowest BCUT2D eigenvalue weighted by atomic mass is 9.99. The number of piperidine rings is 1. The first-order valence-electron chi connectivity index (χ1n) is 10.6. The van der Waals surface area contributed by atoms with Crippen molar-refractivity contribution in [1.82, 2.24) is 10.2 Å². The first kappa shape index (κ1) is 21.1. The first-order valence-corrected chi connectivity index (χ1v) is 10.6. The Kier molecular flexibility index (Phi) is 7.82. The fourth-order valence-electron chi connectivity index (χ4n) is 3.82. The number of likely N-dealkylation sites (tertiary alicyclic amines) is 1. The molecule has 2 aromatic rings. The van der Waals surface area contributed by atoms with Crippen molar-refractivity contribution in [2.75, 3.05) is 19.6 Å². The predicted octanol–water partition coefficient (Wildman–Crippen LogP) is 3.59. The minimum atomic E-state index is -0.375. The lowest BCUT2D eigenvalue weighted by Crippen LogP contribution is -2.52. The number of hydrogen-bond acceptors (Lipinski definition) is 3. The summed E-state index contributed by atoms with van der Waals surface area (Å²) in [5.41, 5.74) is 8.33. The van der Waals surface area contributed by atoms with Crippen LogP contribution in [0.2, 0.25) is 0 Å². The standard InChI is InChI=1S/C24H31N3O2/c25-16-6-2-7-17-26-23(28)22-11-5-8-18-27(22)24(29)21-14-12-20(13-15-21)19-9-3-1-4-10-19/h1,3-4,9-10,12-15,22H,2,5-8,11,16-18,25H2,(H,26,28). The maximum absolute atomic E-state index is 13.1. The normalized spacial score (nSPS) is 16.4. The Morgan fingerprint density at radius 3 is 2.38 bits per heavy atom. The number of nitrogens with one attached hydrogen (secondary N) is 1. The number of benzene rings is 2. The molecular weight excluding hydrogens is 362 g/mol. The number of nitrogens with zero attached hydrogens (tertiary/aromatic N) is 1. The molecule has 1 saturated heterocycles. The molecule has 2 aromatic carbocycles. The van der Waals surface area contributed by atoms with E-state index in [4.69, 9.17) is 5.73 Å². The zero-order chi connectivity index (χ0) is 20.5. The molecule has 0 saturated carbocycles. The fourth-order valence-corrected chi connectivity index (χ4v) is 3.82. The highest BCUT2D eigenvalue weighted by atomic mass is 16.2. The number of amides is 2. The molecule has 29 heavy (non-hydrogen) atoms. The fraction of sp³-hybridized carbons (Fsp3) is 0.417. The molecular formula is C24H31N3O2. The van der Waals surface area contributed by atoms with Crippen LogP contribution in [0.3, 0.4) is 0 Å². The van der Waals surface area contributed by atoms with Crippen LogP contribution in [0.4, 0.5) is 0 Å². The molecule has 1 fully saturated rings. The van der Waals surface area contributed by atoms with Gasteiger partial charge in [-0.3, -0.25) is 9.59 Å². The molecule has 1 unspecified atom stereocenters. The summed E-state index contributed by atoms with van der Waals surface area (Å²) in [6, 6.07) is 17.4. The van der Waals surface area contributed by atoms with Gasteiger partial charge in [0.1, 0.15) is 6.04 Å². The summed E-state index contributed by atoms with van der Waals surface area (Å²) in [7, 11) is 0. The van der Waals surface area contributed by atoms with Gasteiger partial charge in [-0.2, -0.15) is 0 Å². The van der Waals surface area contributed by atoms with Crippen molar-refractivity contribution in [3.05, 3.63) is 60.2 Å². The van der Waals surface area contributed by atoms with Gasteiger partial charge < -0.3 is 16.0 Å². The molecule has 5 nitrogen and oxygen atoms in total. The predicted molar refractivity (Wildman–Crippen MR) is 116 cm³/mol. The summed E-state index contributed by atoms with van der Waals surface area (Å²) >= 11 is 0. The van der Waals surface area contributed by atoms with Crippen LogP contribution in [0, 0.1) is 0 Å². The summed E-state index contributed by atoms with van der Waals surface area (Å²) in [6.45, 7) is 1.95. The van der Waals surface area contributed by atoms with Gasteiger partial charge in [0.25, 0.3) is 5.91 Å². The van der Waals surface area contributed by atoms with E-state index in [9.17, 15) is 9.59 Å². The molecule has 0 aliphatic carbocycles. The molecule has 1 aliphatic heterocycles. The largest absolute Gasteiger partial charge is 0.354 e. The van der Waals surface area contributed by atoms with Gasteiger partial charge in [-0.15, -0.1) is 0 Å². The Balaban J connectivity index is 1.63. The average Bonchev–Trinajstić information content (AvgIpc) is 2.79. The highest BCUT2D eigenvalue weighted by Gasteiger charge is 2.32. The number of hydrogen-bond donors (Lipinski definition) is 2. The van der Waals surface area contributed by atoms with Crippen molar-refractivity contribution in [3.63, 3.8) is 0 Å². The van der Waals surface area contributed by atoms with E-state index >= 15 is 0 Å². The summed E-state index contributed by atoms with van der Waals surface area (Å²) in [5, 5.41) is 3.00. The maximum atomic E-state index is 13.1. The van der Waals surface area contributed by atoms with Gasteiger partial charge in [0.05, 0.1) is 0 Å². The van der Waals surface area contributed by atoms with Crippen LogP contribution in [0.1, 0.15) is 48.9 Å². The minimum absolute atomic E-state index is 0.0355. The molecule has 3 N–H and O–H groups in total. The second-order valence-corrected chi connectivity index (χ2v) is 7.59. The highest BCUT2D eigenvalue weighted by molar-refractivity contribution is 5.98. The zero-order valence-electron chi connectivity index (χ0n) is 17.0. The third-order valence-corrected chi connectivity index (χ3v) is 5.49. The van der Waals surface area contributed by atoms with E-state index in [0.29, 0.717) is 25.2 Å². The van der Waals surface area contributed by atoms with Crippen molar-refractivity contribution in [3.8, 4) is 11.1 Å². The lowest BCUT2D eigenvalue weighted by molar-refractivity contribution is -0.126. The first-order chi connectivity index (χ1) is 14.2. The molecule has 0 bridgehead atoms. The SMILES string of the molecule is NCCCCCNC(=O)C1CCCCN1C(=O)c1ccc(-c2ccccc2)cc1. The third-order valence-electron chi connectivity index (χ3n) is 5.49. The average molecular weight is 394 g/mol. The van der Waals surface area contributed by atoms with Crippen molar-refractivity contribution in [2.24, 2.45) is 5.73 Å². The second kappa shape index (κ2) is 10.8. The lowest BCUT2D eigenvalue weighted by Gasteiger charge is -2.34.